The molecule has 0 radical (unpaired) electrons. The Hall–Kier alpha value is -2.89. The van der Waals surface area contributed by atoms with E-state index in [4.69, 9.17) is 21.0 Å². The second-order valence-corrected chi connectivity index (χ2v) is 8.77. The first-order valence-electron chi connectivity index (χ1n) is 9.69. The van der Waals surface area contributed by atoms with Gasteiger partial charge in [-0.05, 0) is 12.1 Å². The molecule has 1 amide bonds. The molecule has 0 saturated carbocycles. The number of thiophene rings is 1. The lowest BCUT2D eigenvalue weighted by Gasteiger charge is -2.15. The van der Waals surface area contributed by atoms with E-state index in [1.165, 1.54) is 11.3 Å². The van der Waals surface area contributed by atoms with Crippen LogP contribution in [0, 0.1) is 0 Å². The summed E-state index contributed by atoms with van der Waals surface area (Å²) >= 11 is 7.47. The van der Waals surface area contributed by atoms with Gasteiger partial charge in [0.05, 0.1) is 10.9 Å². The third-order valence-corrected chi connectivity index (χ3v) is 5.97. The van der Waals surface area contributed by atoms with E-state index in [1.54, 1.807) is 11.9 Å². The van der Waals surface area contributed by atoms with Crippen molar-refractivity contribution in [1.82, 2.24) is 9.88 Å². The highest BCUT2D eigenvalue weighted by Gasteiger charge is 2.18. The molecule has 4 aromatic rings. The number of aromatic nitrogens is 1. The fourth-order valence-electron chi connectivity index (χ4n) is 3.21. The van der Waals surface area contributed by atoms with Crippen molar-refractivity contribution in [1.29, 1.82) is 0 Å². The summed E-state index contributed by atoms with van der Waals surface area (Å²) in [6, 6.07) is 23.7. The van der Waals surface area contributed by atoms with Crippen LogP contribution in [0.25, 0.3) is 22.6 Å². The highest BCUT2D eigenvalue weighted by Crippen LogP contribution is 2.33. The summed E-state index contributed by atoms with van der Waals surface area (Å²) in [4.78, 5) is 20.1. The van der Waals surface area contributed by atoms with E-state index in [1.807, 2.05) is 72.8 Å². The first kappa shape index (κ1) is 20.4. The zero-order chi connectivity index (χ0) is 20.9. The van der Waals surface area contributed by atoms with E-state index < -0.39 is 0 Å². The van der Waals surface area contributed by atoms with E-state index in [0.29, 0.717) is 25.3 Å². The number of oxazole rings is 1. The van der Waals surface area contributed by atoms with Crippen LogP contribution in [0.3, 0.4) is 0 Å². The van der Waals surface area contributed by atoms with Gasteiger partial charge in [-0.1, -0.05) is 72.3 Å². The topological polar surface area (TPSA) is 46.3 Å². The molecule has 30 heavy (non-hydrogen) atoms. The Morgan fingerprint density at radius 2 is 1.67 bits per heavy atom. The minimum atomic E-state index is 0.0419. The highest BCUT2D eigenvalue weighted by molar-refractivity contribution is 7.16. The average molecular weight is 437 g/mol. The minimum absolute atomic E-state index is 0.0419. The van der Waals surface area contributed by atoms with Gasteiger partial charge >= 0.3 is 0 Å². The van der Waals surface area contributed by atoms with Gasteiger partial charge in [-0.3, -0.25) is 4.79 Å². The van der Waals surface area contributed by atoms with Crippen LogP contribution in [0.4, 0.5) is 0 Å². The van der Waals surface area contributed by atoms with E-state index in [2.05, 4.69) is 0 Å². The predicted octanol–water partition coefficient (Wildman–Crippen LogP) is 6.31. The lowest BCUT2D eigenvalue weighted by molar-refractivity contribution is -0.130. The van der Waals surface area contributed by atoms with Gasteiger partial charge in [0.25, 0.3) is 0 Å². The van der Waals surface area contributed by atoms with Crippen LogP contribution in [-0.2, 0) is 17.8 Å². The highest BCUT2D eigenvalue weighted by atomic mass is 35.5. The molecule has 4 nitrogen and oxygen atoms in total. The van der Waals surface area contributed by atoms with Crippen molar-refractivity contribution in [2.24, 2.45) is 0 Å². The SMILES string of the molecule is CN(Cc1ccc(Cl)s1)C(=O)CCc1nc(-c2ccccc2)c(-c2ccccc2)o1. The maximum absolute atomic E-state index is 12.6. The van der Waals surface area contributed by atoms with Crippen molar-refractivity contribution < 1.29 is 9.21 Å². The molecule has 0 fully saturated rings. The van der Waals surface area contributed by atoms with Crippen LogP contribution in [0.1, 0.15) is 17.2 Å². The maximum Gasteiger partial charge on any atom is 0.223 e. The second kappa shape index (κ2) is 9.28. The molecule has 4 rings (SSSR count). The van der Waals surface area contributed by atoms with Gasteiger partial charge in [-0.15, -0.1) is 11.3 Å². The molecular weight excluding hydrogens is 416 g/mol. The Balaban J connectivity index is 1.50. The number of hydrogen-bond acceptors (Lipinski definition) is 4. The zero-order valence-corrected chi connectivity index (χ0v) is 18.1. The number of carbonyl (C=O) groups is 1. The number of hydrogen-bond donors (Lipinski definition) is 0. The second-order valence-electron chi connectivity index (χ2n) is 6.97. The summed E-state index contributed by atoms with van der Waals surface area (Å²) in [5.74, 6) is 1.33. The van der Waals surface area contributed by atoms with Crippen LogP contribution < -0.4 is 0 Å². The smallest absolute Gasteiger partial charge is 0.223 e. The van der Waals surface area contributed by atoms with Crippen molar-refractivity contribution in [2.45, 2.75) is 19.4 Å². The molecule has 2 heterocycles. The van der Waals surface area contributed by atoms with Gasteiger partial charge in [0.1, 0.15) is 5.69 Å². The van der Waals surface area contributed by atoms with Gasteiger partial charge in [-0.25, -0.2) is 4.98 Å². The number of halogens is 1. The van der Waals surface area contributed by atoms with E-state index in [-0.39, 0.29) is 5.91 Å². The molecule has 2 aromatic carbocycles. The fourth-order valence-corrected chi connectivity index (χ4v) is 4.35. The van der Waals surface area contributed by atoms with Gasteiger partial charge < -0.3 is 9.32 Å². The van der Waals surface area contributed by atoms with Crippen LogP contribution in [0.5, 0.6) is 0 Å². The van der Waals surface area contributed by atoms with Gasteiger partial charge in [-0.2, -0.15) is 0 Å². The predicted molar refractivity (Wildman–Crippen MR) is 121 cm³/mol. The number of benzene rings is 2. The number of nitrogens with zero attached hydrogens (tertiary/aromatic N) is 2. The summed E-state index contributed by atoms with van der Waals surface area (Å²) in [6.07, 6.45) is 0.777. The molecule has 0 aliphatic rings. The van der Waals surface area contributed by atoms with Gasteiger partial charge in [0, 0.05) is 35.9 Å². The largest absolute Gasteiger partial charge is 0.440 e. The number of aryl methyl sites for hydroxylation is 1. The number of amides is 1. The average Bonchev–Trinajstić information content (AvgIpc) is 3.39. The van der Waals surface area contributed by atoms with Crippen molar-refractivity contribution in [3.05, 3.63) is 87.9 Å². The van der Waals surface area contributed by atoms with E-state index in [9.17, 15) is 4.79 Å². The molecule has 152 valence electrons. The van der Waals surface area contributed by atoms with Crippen molar-refractivity contribution in [3.63, 3.8) is 0 Å². The third-order valence-electron chi connectivity index (χ3n) is 4.76. The molecule has 0 atom stereocenters. The van der Waals surface area contributed by atoms with Crippen molar-refractivity contribution in [3.8, 4) is 22.6 Å². The molecule has 2 aromatic heterocycles. The van der Waals surface area contributed by atoms with Crippen LogP contribution >= 0.6 is 22.9 Å². The summed E-state index contributed by atoms with van der Waals surface area (Å²) in [7, 11) is 1.80. The fraction of sp³-hybridized carbons (Fsp3) is 0.167. The quantitative estimate of drug-likeness (QED) is 0.340. The minimum Gasteiger partial charge on any atom is -0.440 e. The standard InChI is InChI=1S/C24H21ClN2O2S/c1-27(16-19-12-13-20(25)30-19)22(28)15-14-21-26-23(17-8-4-2-5-9-17)24(29-21)18-10-6-3-7-11-18/h2-13H,14-16H2,1H3. The Labute approximate surface area is 184 Å². The summed E-state index contributed by atoms with van der Waals surface area (Å²) in [5.41, 5.74) is 2.75. The van der Waals surface area contributed by atoms with Crippen molar-refractivity contribution >= 4 is 28.8 Å². The molecule has 0 N–H and O–H groups in total. The monoisotopic (exact) mass is 436 g/mol. The van der Waals surface area contributed by atoms with Crippen molar-refractivity contribution in [2.75, 3.05) is 7.05 Å². The lowest BCUT2D eigenvalue weighted by atomic mass is 10.1. The Kier molecular flexibility index (Phi) is 6.31. The van der Waals surface area contributed by atoms with Crippen LogP contribution in [0.15, 0.2) is 77.2 Å². The van der Waals surface area contributed by atoms with Gasteiger partial charge in [0.2, 0.25) is 5.91 Å². The molecular formula is C24H21ClN2O2S. The summed E-state index contributed by atoms with van der Waals surface area (Å²) in [6.45, 7) is 0.548. The molecule has 0 bridgehead atoms. The Morgan fingerprint density at radius 1 is 1.00 bits per heavy atom. The van der Waals surface area contributed by atoms with Gasteiger partial charge in [0.15, 0.2) is 11.7 Å². The molecule has 0 aliphatic carbocycles. The third kappa shape index (κ3) is 4.81. The maximum atomic E-state index is 12.6. The Morgan fingerprint density at radius 3 is 2.30 bits per heavy atom. The van der Waals surface area contributed by atoms with E-state index >= 15 is 0 Å². The molecule has 0 spiro atoms. The number of carbonyl (C=O) groups excluding carboxylic acids is 1. The molecule has 0 aliphatic heterocycles. The van der Waals surface area contributed by atoms with E-state index in [0.717, 1.165) is 31.8 Å². The molecule has 6 heteroatoms. The zero-order valence-electron chi connectivity index (χ0n) is 16.5. The lowest BCUT2D eigenvalue weighted by Crippen LogP contribution is -2.26. The number of rotatable bonds is 7. The Bertz CT molecular complexity index is 1070. The molecule has 0 unspecified atom stereocenters. The first-order chi connectivity index (χ1) is 14.6. The first-order valence-corrected chi connectivity index (χ1v) is 10.9. The summed E-state index contributed by atoms with van der Waals surface area (Å²) < 4.78 is 6.84. The molecule has 0 saturated heterocycles. The summed E-state index contributed by atoms with van der Waals surface area (Å²) in [5, 5.41) is 0. The van der Waals surface area contributed by atoms with Crippen LogP contribution in [0.2, 0.25) is 4.34 Å². The normalized spacial score (nSPS) is 10.9. The van der Waals surface area contributed by atoms with Crippen LogP contribution in [-0.4, -0.2) is 22.8 Å².